The van der Waals surface area contributed by atoms with Gasteiger partial charge in [0.2, 0.25) is 0 Å². The molecule has 2 heterocycles. The maximum atomic E-state index is 4.79. The number of rotatable bonds is 4. The van der Waals surface area contributed by atoms with Crippen molar-refractivity contribution in [3.63, 3.8) is 0 Å². The first-order chi connectivity index (χ1) is 8.36. The maximum absolute atomic E-state index is 4.79. The summed E-state index contributed by atoms with van der Waals surface area (Å²) in [6, 6.07) is 2.64. The first-order valence-corrected chi connectivity index (χ1v) is 6.98. The summed E-state index contributed by atoms with van der Waals surface area (Å²) in [6.07, 6.45) is 7.34. The minimum atomic E-state index is 0.407. The van der Waals surface area contributed by atoms with Crippen LogP contribution in [0.5, 0.6) is 0 Å². The summed E-state index contributed by atoms with van der Waals surface area (Å²) in [6.45, 7) is 3.33. The molecule has 1 aliphatic heterocycles. The van der Waals surface area contributed by atoms with E-state index in [2.05, 4.69) is 18.3 Å². The van der Waals surface area contributed by atoms with E-state index in [1.54, 1.807) is 0 Å². The van der Waals surface area contributed by atoms with Gasteiger partial charge in [-0.2, -0.15) is 0 Å². The van der Waals surface area contributed by atoms with Crippen LogP contribution >= 0.6 is 0 Å². The number of aromatic nitrogens is 2. The van der Waals surface area contributed by atoms with Crippen LogP contribution in [-0.4, -0.2) is 16.5 Å². The molecule has 2 aliphatic rings. The Balaban J connectivity index is 1.89. The van der Waals surface area contributed by atoms with Crippen molar-refractivity contribution in [1.29, 1.82) is 0 Å². The van der Waals surface area contributed by atoms with Gasteiger partial charge < -0.3 is 5.32 Å². The number of nitrogens with zero attached hydrogens (tertiary/aromatic N) is 2. The molecule has 1 saturated carbocycles. The lowest BCUT2D eigenvalue weighted by Crippen LogP contribution is -2.17. The molecule has 1 aliphatic carbocycles. The van der Waals surface area contributed by atoms with Crippen molar-refractivity contribution >= 4 is 0 Å². The van der Waals surface area contributed by atoms with Gasteiger partial charge in [-0.3, -0.25) is 0 Å². The summed E-state index contributed by atoms with van der Waals surface area (Å²) < 4.78 is 0. The molecular formula is C14H21N3. The topological polar surface area (TPSA) is 37.8 Å². The van der Waals surface area contributed by atoms with Gasteiger partial charge in [0.25, 0.3) is 0 Å². The third-order valence-electron chi connectivity index (χ3n) is 3.69. The van der Waals surface area contributed by atoms with Crippen LogP contribution in [0.15, 0.2) is 6.07 Å². The summed E-state index contributed by atoms with van der Waals surface area (Å²) in [5.74, 6) is 1.78. The molecule has 2 fully saturated rings. The highest BCUT2D eigenvalue weighted by atomic mass is 15.0. The molecule has 1 aromatic heterocycles. The van der Waals surface area contributed by atoms with Gasteiger partial charge >= 0.3 is 0 Å². The summed E-state index contributed by atoms with van der Waals surface area (Å²) in [7, 11) is 0. The lowest BCUT2D eigenvalue weighted by atomic mass is 10.1. The highest BCUT2D eigenvalue weighted by molar-refractivity contribution is 5.20. The Bertz CT molecular complexity index is 392. The highest BCUT2D eigenvalue weighted by Crippen LogP contribution is 2.39. The molecule has 0 amide bonds. The average molecular weight is 231 g/mol. The van der Waals surface area contributed by atoms with Crippen molar-refractivity contribution in [2.24, 2.45) is 0 Å². The van der Waals surface area contributed by atoms with Crippen LogP contribution in [0.4, 0.5) is 0 Å². The largest absolute Gasteiger partial charge is 0.307 e. The zero-order valence-corrected chi connectivity index (χ0v) is 10.6. The van der Waals surface area contributed by atoms with Gasteiger partial charge in [0.05, 0.1) is 6.04 Å². The van der Waals surface area contributed by atoms with Crippen molar-refractivity contribution in [3.05, 3.63) is 23.3 Å². The van der Waals surface area contributed by atoms with Crippen LogP contribution in [-0.2, 0) is 6.42 Å². The molecule has 0 aromatic carbocycles. The molecule has 1 unspecified atom stereocenters. The van der Waals surface area contributed by atoms with Crippen molar-refractivity contribution in [2.75, 3.05) is 6.54 Å². The highest BCUT2D eigenvalue weighted by Gasteiger charge is 2.27. The first kappa shape index (κ1) is 11.1. The van der Waals surface area contributed by atoms with Gasteiger partial charge in [0.15, 0.2) is 0 Å². The average Bonchev–Trinajstić information content (AvgIpc) is 3.05. The van der Waals surface area contributed by atoms with E-state index >= 15 is 0 Å². The van der Waals surface area contributed by atoms with Gasteiger partial charge in [0.1, 0.15) is 5.82 Å². The van der Waals surface area contributed by atoms with E-state index in [-0.39, 0.29) is 0 Å². The van der Waals surface area contributed by atoms with Crippen LogP contribution in [0.1, 0.15) is 68.2 Å². The Morgan fingerprint density at radius 1 is 1.29 bits per heavy atom. The van der Waals surface area contributed by atoms with Gasteiger partial charge in [-0.05, 0) is 44.7 Å². The Morgan fingerprint density at radius 2 is 2.18 bits per heavy atom. The number of hydrogen-bond acceptors (Lipinski definition) is 3. The van der Waals surface area contributed by atoms with E-state index in [4.69, 9.17) is 9.97 Å². The van der Waals surface area contributed by atoms with Crippen LogP contribution in [0.25, 0.3) is 0 Å². The minimum Gasteiger partial charge on any atom is -0.307 e. The Morgan fingerprint density at radius 3 is 2.82 bits per heavy atom. The third-order valence-corrected chi connectivity index (χ3v) is 3.69. The number of aryl methyl sites for hydroxylation is 1. The number of nitrogens with one attached hydrogen (secondary N) is 1. The first-order valence-electron chi connectivity index (χ1n) is 6.98. The van der Waals surface area contributed by atoms with Crippen molar-refractivity contribution < 1.29 is 0 Å². The molecule has 3 rings (SSSR count). The molecule has 0 spiro atoms. The summed E-state index contributed by atoms with van der Waals surface area (Å²) in [5, 5.41) is 3.50. The molecule has 1 N–H and O–H groups in total. The van der Waals surface area contributed by atoms with Crippen LogP contribution in [0.3, 0.4) is 0 Å². The second kappa shape index (κ2) is 4.73. The molecule has 3 nitrogen and oxygen atoms in total. The number of hydrogen-bond donors (Lipinski definition) is 1. The minimum absolute atomic E-state index is 0.407. The second-order valence-corrected chi connectivity index (χ2v) is 5.32. The monoisotopic (exact) mass is 231 g/mol. The second-order valence-electron chi connectivity index (χ2n) is 5.32. The zero-order valence-electron chi connectivity index (χ0n) is 10.6. The van der Waals surface area contributed by atoms with Gasteiger partial charge in [-0.25, -0.2) is 9.97 Å². The van der Waals surface area contributed by atoms with E-state index < -0.39 is 0 Å². The zero-order chi connectivity index (χ0) is 11.7. The van der Waals surface area contributed by atoms with E-state index in [1.807, 2.05) is 0 Å². The predicted molar refractivity (Wildman–Crippen MR) is 68.0 cm³/mol. The standard InChI is InChI=1S/C14H21N3/c1-2-4-11-9-13(10-6-7-10)17-14(16-11)12-5-3-8-15-12/h9-10,12,15H,2-8H2,1H3. The van der Waals surface area contributed by atoms with Crippen molar-refractivity contribution in [2.45, 2.75) is 57.4 Å². The molecule has 0 bridgehead atoms. The summed E-state index contributed by atoms with van der Waals surface area (Å²) in [4.78, 5) is 9.53. The fourth-order valence-corrected chi connectivity index (χ4v) is 2.57. The van der Waals surface area contributed by atoms with Crippen LogP contribution in [0.2, 0.25) is 0 Å². The van der Waals surface area contributed by atoms with Gasteiger partial charge in [-0.1, -0.05) is 13.3 Å². The molecule has 1 saturated heterocycles. The maximum Gasteiger partial charge on any atom is 0.145 e. The molecule has 0 radical (unpaired) electrons. The van der Waals surface area contributed by atoms with Crippen molar-refractivity contribution in [3.8, 4) is 0 Å². The summed E-state index contributed by atoms with van der Waals surface area (Å²) >= 11 is 0. The Hall–Kier alpha value is -0.960. The van der Waals surface area contributed by atoms with Gasteiger partial charge in [-0.15, -0.1) is 0 Å². The SMILES string of the molecule is CCCc1cc(C2CC2)nc(C2CCCN2)n1. The van der Waals surface area contributed by atoms with E-state index in [9.17, 15) is 0 Å². The molecule has 92 valence electrons. The third kappa shape index (κ3) is 2.49. The lowest BCUT2D eigenvalue weighted by molar-refractivity contribution is 0.594. The molecule has 1 atom stereocenters. The molecule has 1 aromatic rings. The van der Waals surface area contributed by atoms with Crippen molar-refractivity contribution in [1.82, 2.24) is 15.3 Å². The van der Waals surface area contributed by atoms with E-state index in [0.29, 0.717) is 6.04 Å². The lowest BCUT2D eigenvalue weighted by Gasteiger charge is -2.12. The Kier molecular flexibility index (Phi) is 3.10. The fourth-order valence-electron chi connectivity index (χ4n) is 2.57. The summed E-state index contributed by atoms with van der Waals surface area (Å²) in [5.41, 5.74) is 2.54. The predicted octanol–water partition coefficient (Wildman–Crippen LogP) is 2.73. The van der Waals surface area contributed by atoms with E-state index in [1.165, 1.54) is 43.5 Å². The van der Waals surface area contributed by atoms with Gasteiger partial charge in [0, 0.05) is 17.3 Å². The molecule has 17 heavy (non-hydrogen) atoms. The molecule has 3 heteroatoms. The normalized spacial score (nSPS) is 24.2. The van der Waals surface area contributed by atoms with Crippen LogP contribution in [0, 0.1) is 0 Å². The smallest absolute Gasteiger partial charge is 0.145 e. The van der Waals surface area contributed by atoms with Crippen LogP contribution < -0.4 is 5.32 Å². The van der Waals surface area contributed by atoms with E-state index in [0.717, 1.165) is 24.7 Å². The quantitative estimate of drug-likeness (QED) is 0.865. The molecular weight excluding hydrogens is 210 g/mol. The fraction of sp³-hybridized carbons (Fsp3) is 0.714. The Labute approximate surface area is 103 Å².